The van der Waals surface area contributed by atoms with Gasteiger partial charge < -0.3 is 15.7 Å². The number of Topliss-reactive ketones (excluding diaryl/α,β-unsaturated/α-hetero) is 1. The van der Waals surface area contributed by atoms with Crippen LogP contribution in [0.15, 0.2) is 46.3 Å². The Morgan fingerprint density at radius 2 is 1.92 bits per heavy atom. The SMILES string of the molecule is O=C(C1C(c2ccc(Br)cc2)NC(=S)NC1(O)c1cccs1)C(F)(F)F. The zero-order chi connectivity index (χ0) is 19.1. The van der Waals surface area contributed by atoms with Crippen LogP contribution < -0.4 is 10.6 Å². The first-order valence-corrected chi connectivity index (χ1v) is 9.42. The van der Waals surface area contributed by atoms with Gasteiger partial charge >= 0.3 is 6.18 Å². The van der Waals surface area contributed by atoms with Gasteiger partial charge in [-0.2, -0.15) is 13.2 Å². The highest BCUT2D eigenvalue weighted by Gasteiger charge is 2.59. The molecule has 138 valence electrons. The second-order valence-corrected chi connectivity index (χ2v) is 7.98. The molecule has 2 heterocycles. The minimum atomic E-state index is -5.12. The minimum Gasteiger partial charge on any atom is -0.366 e. The lowest BCUT2D eigenvalue weighted by atomic mass is 9.78. The molecule has 0 radical (unpaired) electrons. The van der Waals surface area contributed by atoms with Gasteiger partial charge in [0, 0.05) is 4.47 Å². The molecule has 26 heavy (non-hydrogen) atoms. The summed E-state index contributed by atoms with van der Waals surface area (Å²) in [4.78, 5) is 12.4. The highest BCUT2D eigenvalue weighted by Crippen LogP contribution is 2.44. The lowest BCUT2D eigenvalue weighted by molar-refractivity contribution is -0.189. The summed E-state index contributed by atoms with van der Waals surface area (Å²) in [6, 6.07) is 8.30. The monoisotopic (exact) mass is 464 g/mol. The number of thiophene rings is 1. The summed E-state index contributed by atoms with van der Waals surface area (Å²) in [6.07, 6.45) is -5.12. The summed E-state index contributed by atoms with van der Waals surface area (Å²) in [5, 5.41) is 17.8. The van der Waals surface area contributed by atoms with Crippen molar-refractivity contribution in [3.63, 3.8) is 0 Å². The van der Waals surface area contributed by atoms with Crippen LogP contribution in [0.3, 0.4) is 0 Å². The standard InChI is InChI=1S/C16H12BrF3N2O2S2/c17-9-5-3-8(4-6-9)12-11(13(23)16(18,19)20)15(24,22-14(25)21-12)10-2-1-7-26-10/h1-7,11-12,24H,(H2,21,22,25). The lowest BCUT2D eigenvalue weighted by Crippen LogP contribution is -2.66. The summed E-state index contributed by atoms with van der Waals surface area (Å²) in [7, 11) is 0. The van der Waals surface area contributed by atoms with Crippen molar-refractivity contribution in [2.45, 2.75) is 17.9 Å². The van der Waals surface area contributed by atoms with Crippen LogP contribution in [0.25, 0.3) is 0 Å². The zero-order valence-corrected chi connectivity index (χ0v) is 16.1. The third kappa shape index (κ3) is 3.51. The first-order chi connectivity index (χ1) is 12.1. The predicted octanol–water partition coefficient (Wildman–Crippen LogP) is 3.62. The number of hydrogen-bond acceptors (Lipinski definition) is 4. The van der Waals surface area contributed by atoms with Crippen molar-refractivity contribution in [3.05, 3.63) is 56.7 Å². The van der Waals surface area contributed by atoms with E-state index >= 15 is 0 Å². The zero-order valence-electron chi connectivity index (χ0n) is 12.9. The molecule has 1 aliphatic heterocycles. The van der Waals surface area contributed by atoms with Crippen molar-refractivity contribution in [2.75, 3.05) is 0 Å². The largest absolute Gasteiger partial charge is 0.450 e. The normalized spacial score (nSPS) is 26.1. The van der Waals surface area contributed by atoms with Gasteiger partial charge in [-0.3, -0.25) is 4.79 Å². The molecule has 3 N–H and O–H groups in total. The van der Waals surface area contributed by atoms with Gasteiger partial charge in [-0.25, -0.2) is 0 Å². The van der Waals surface area contributed by atoms with Crippen molar-refractivity contribution in [1.82, 2.24) is 10.6 Å². The molecule has 3 atom stereocenters. The molecular weight excluding hydrogens is 453 g/mol. The topological polar surface area (TPSA) is 61.4 Å². The fourth-order valence-corrected chi connectivity index (χ4v) is 4.29. The van der Waals surface area contributed by atoms with Gasteiger partial charge in [0.2, 0.25) is 5.78 Å². The van der Waals surface area contributed by atoms with Gasteiger partial charge in [0.05, 0.1) is 10.9 Å². The summed E-state index contributed by atoms with van der Waals surface area (Å²) in [5.41, 5.74) is -1.88. The number of carbonyl (C=O) groups excluding carboxylic acids is 1. The Hall–Kier alpha value is -1.49. The van der Waals surface area contributed by atoms with E-state index in [1.807, 2.05) is 0 Å². The van der Waals surface area contributed by atoms with Crippen LogP contribution >= 0.6 is 39.5 Å². The molecule has 0 aliphatic carbocycles. The number of thiocarbonyl (C=S) groups is 1. The van der Waals surface area contributed by atoms with Crippen LogP contribution in [0.5, 0.6) is 0 Å². The Morgan fingerprint density at radius 3 is 2.46 bits per heavy atom. The molecule has 3 unspecified atom stereocenters. The summed E-state index contributed by atoms with van der Waals surface area (Å²) >= 11 is 9.38. The number of alkyl halides is 3. The van der Waals surface area contributed by atoms with Crippen molar-refractivity contribution < 1.29 is 23.1 Å². The Kier molecular flexibility index (Phi) is 5.13. The second-order valence-electron chi connectivity index (χ2n) is 5.71. The summed E-state index contributed by atoms with van der Waals surface area (Å²) < 4.78 is 40.7. The maximum atomic E-state index is 13.3. The quantitative estimate of drug-likeness (QED) is 0.605. The molecule has 1 fully saturated rings. The van der Waals surface area contributed by atoms with E-state index in [0.29, 0.717) is 5.56 Å². The van der Waals surface area contributed by atoms with Crippen molar-refractivity contribution in [3.8, 4) is 0 Å². The molecule has 1 aromatic heterocycles. The third-order valence-corrected chi connectivity index (χ3v) is 5.80. The number of ketones is 1. The lowest BCUT2D eigenvalue weighted by Gasteiger charge is -2.45. The molecule has 1 aromatic carbocycles. The second kappa shape index (κ2) is 6.91. The maximum Gasteiger partial charge on any atom is 0.450 e. The summed E-state index contributed by atoms with van der Waals surface area (Å²) in [6.45, 7) is 0. The molecule has 10 heteroatoms. The first-order valence-electron chi connectivity index (χ1n) is 7.34. The van der Waals surface area contributed by atoms with Gasteiger partial charge in [0.1, 0.15) is 5.92 Å². The molecule has 2 aromatic rings. The molecular formula is C16H12BrF3N2O2S2. The van der Waals surface area contributed by atoms with Crippen LogP contribution in [0, 0.1) is 5.92 Å². The third-order valence-electron chi connectivity index (χ3n) is 4.06. The minimum absolute atomic E-state index is 0.0416. The van der Waals surface area contributed by atoms with Gasteiger partial charge in [-0.15, -0.1) is 11.3 Å². The van der Waals surface area contributed by atoms with Crippen molar-refractivity contribution >= 4 is 50.4 Å². The van der Waals surface area contributed by atoms with Crippen LogP contribution in [0.2, 0.25) is 0 Å². The van der Waals surface area contributed by atoms with E-state index in [4.69, 9.17) is 12.2 Å². The van der Waals surface area contributed by atoms with Gasteiger partial charge in [0.15, 0.2) is 10.8 Å². The Bertz CT molecular complexity index is 827. The van der Waals surface area contributed by atoms with E-state index in [2.05, 4.69) is 26.6 Å². The van der Waals surface area contributed by atoms with Crippen molar-refractivity contribution in [2.24, 2.45) is 5.92 Å². The Balaban J connectivity index is 2.16. The number of benzene rings is 1. The van der Waals surface area contributed by atoms with Crippen LogP contribution in [0.1, 0.15) is 16.5 Å². The molecule has 0 spiro atoms. The molecule has 3 rings (SSSR count). The summed E-state index contributed by atoms with van der Waals surface area (Å²) in [5.74, 6) is -3.90. The fraction of sp³-hybridized carbons (Fsp3) is 0.250. The van der Waals surface area contributed by atoms with E-state index in [9.17, 15) is 23.1 Å². The number of carbonyl (C=O) groups is 1. The van der Waals surface area contributed by atoms with E-state index in [1.54, 1.807) is 35.7 Å². The maximum absolute atomic E-state index is 13.3. The van der Waals surface area contributed by atoms with Gasteiger partial charge in [0.25, 0.3) is 0 Å². The number of halogens is 4. The predicted molar refractivity (Wildman–Crippen MR) is 98.5 cm³/mol. The Morgan fingerprint density at radius 1 is 1.27 bits per heavy atom. The number of rotatable bonds is 3. The van der Waals surface area contributed by atoms with Crippen LogP contribution in [0.4, 0.5) is 13.2 Å². The number of hydrogen-bond donors (Lipinski definition) is 3. The first kappa shape index (κ1) is 19.3. The highest BCUT2D eigenvalue weighted by molar-refractivity contribution is 9.10. The number of nitrogens with one attached hydrogen (secondary N) is 2. The van der Waals surface area contributed by atoms with E-state index in [-0.39, 0.29) is 9.99 Å². The van der Waals surface area contributed by atoms with Crippen molar-refractivity contribution in [1.29, 1.82) is 0 Å². The van der Waals surface area contributed by atoms with Crippen LogP contribution in [-0.2, 0) is 10.5 Å². The molecule has 1 saturated heterocycles. The van der Waals surface area contributed by atoms with Gasteiger partial charge in [-0.1, -0.05) is 34.1 Å². The molecule has 0 saturated carbocycles. The molecule has 0 amide bonds. The fourth-order valence-electron chi connectivity index (χ4n) is 2.93. The van der Waals surface area contributed by atoms with E-state index < -0.39 is 29.6 Å². The molecule has 4 nitrogen and oxygen atoms in total. The van der Waals surface area contributed by atoms with E-state index in [1.165, 1.54) is 6.07 Å². The van der Waals surface area contributed by atoms with Crippen LogP contribution in [-0.4, -0.2) is 22.2 Å². The highest BCUT2D eigenvalue weighted by atomic mass is 79.9. The average molecular weight is 465 g/mol. The Labute approximate surface area is 164 Å². The van der Waals surface area contributed by atoms with Gasteiger partial charge in [-0.05, 0) is 41.4 Å². The molecule has 1 aliphatic rings. The van der Waals surface area contributed by atoms with E-state index in [0.717, 1.165) is 15.8 Å². The molecule has 0 bridgehead atoms. The average Bonchev–Trinajstić information content (AvgIpc) is 3.08. The smallest absolute Gasteiger partial charge is 0.366 e. The number of aliphatic hydroxyl groups is 1.